The van der Waals surface area contributed by atoms with Crippen molar-refractivity contribution < 1.29 is 4.79 Å². The van der Waals surface area contributed by atoms with Crippen LogP contribution in [0.25, 0.3) is 16.7 Å². The van der Waals surface area contributed by atoms with Crippen molar-refractivity contribution in [2.75, 3.05) is 5.73 Å². The van der Waals surface area contributed by atoms with Crippen molar-refractivity contribution in [2.45, 2.75) is 32.6 Å². The van der Waals surface area contributed by atoms with E-state index in [9.17, 15) is 4.79 Å². The van der Waals surface area contributed by atoms with E-state index in [0.29, 0.717) is 29.7 Å². The number of carbonyl (C=O) groups excluding carboxylic acids is 1. The third kappa shape index (κ3) is 2.81. The van der Waals surface area contributed by atoms with Crippen LogP contribution in [0.1, 0.15) is 45.1 Å². The van der Waals surface area contributed by atoms with Crippen LogP contribution in [0.4, 0.5) is 5.69 Å². The molecule has 2 heterocycles. The second-order valence-corrected chi connectivity index (χ2v) is 7.85. The Bertz CT molecular complexity index is 1260. The van der Waals surface area contributed by atoms with E-state index < -0.39 is 0 Å². The Morgan fingerprint density at radius 3 is 2.59 bits per heavy atom. The molecule has 0 bridgehead atoms. The standard InChI is InChI=1S/C24H22N4O/c1-14-8-9-18(10-15(14)2)28-24-19(13-26-28)23(25)22-20(27-24)11-17(12-21(22)29)16-6-4-3-5-7-16/h3-10,13,17H,11-12H2,1-2H3,(H2,25,27)/t17-/m0/s1. The van der Waals surface area contributed by atoms with Gasteiger partial charge < -0.3 is 5.73 Å². The lowest BCUT2D eigenvalue weighted by Crippen LogP contribution is -2.22. The number of rotatable bonds is 2. The minimum atomic E-state index is 0.0610. The fraction of sp³-hybridized carbons (Fsp3) is 0.208. The van der Waals surface area contributed by atoms with E-state index in [1.807, 2.05) is 28.9 Å². The van der Waals surface area contributed by atoms with E-state index in [0.717, 1.165) is 22.3 Å². The Balaban J connectivity index is 1.66. The summed E-state index contributed by atoms with van der Waals surface area (Å²) in [6.07, 6.45) is 2.87. The topological polar surface area (TPSA) is 73.8 Å². The molecule has 0 unspecified atom stereocenters. The van der Waals surface area contributed by atoms with Gasteiger partial charge in [-0.05, 0) is 55.0 Å². The zero-order valence-electron chi connectivity index (χ0n) is 16.5. The number of nitrogens with zero attached hydrogens (tertiary/aromatic N) is 3. The first-order valence-electron chi connectivity index (χ1n) is 9.85. The van der Waals surface area contributed by atoms with Gasteiger partial charge >= 0.3 is 0 Å². The molecule has 5 nitrogen and oxygen atoms in total. The number of anilines is 1. The van der Waals surface area contributed by atoms with Crippen LogP contribution in [0.2, 0.25) is 0 Å². The normalized spacial score (nSPS) is 16.2. The summed E-state index contributed by atoms with van der Waals surface area (Å²) < 4.78 is 1.81. The monoisotopic (exact) mass is 382 g/mol. The Morgan fingerprint density at radius 2 is 1.83 bits per heavy atom. The Labute approximate surface area is 169 Å². The maximum Gasteiger partial charge on any atom is 0.167 e. The highest BCUT2D eigenvalue weighted by molar-refractivity contribution is 6.09. The smallest absolute Gasteiger partial charge is 0.167 e. The zero-order valence-corrected chi connectivity index (χ0v) is 16.5. The lowest BCUT2D eigenvalue weighted by molar-refractivity contribution is 0.0964. The molecule has 144 valence electrons. The summed E-state index contributed by atoms with van der Waals surface area (Å²) >= 11 is 0. The first-order valence-corrected chi connectivity index (χ1v) is 9.85. The van der Waals surface area contributed by atoms with Gasteiger partial charge in [-0.3, -0.25) is 4.79 Å². The molecule has 0 saturated heterocycles. The molecule has 5 rings (SSSR count). The van der Waals surface area contributed by atoms with Crippen molar-refractivity contribution >= 4 is 22.5 Å². The fourth-order valence-electron chi connectivity index (χ4n) is 4.21. The molecule has 2 N–H and O–H groups in total. The molecule has 29 heavy (non-hydrogen) atoms. The second-order valence-electron chi connectivity index (χ2n) is 7.85. The first-order chi connectivity index (χ1) is 14.0. The Hall–Kier alpha value is -3.47. The van der Waals surface area contributed by atoms with E-state index in [1.54, 1.807) is 6.20 Å². The van der Waals surface area contributed by atoms with Crippen LogP contribution in [0, 0.1) is 13.8 Å². The van der Waals surface area contributed by atoms with E-state index in [1.165, 1.54) is 11.1 Å². The highest BCUT2D eigenvalue weighted by atomic mass is 16.1. The van der Waals surface area contributed by atoms with E-state index in [4.69, 9.17) is 10.7 Å². The maximum absolute atomic E-state index is 12.9. The number of aromatic nitrogens is 3. The molecule has 4 aromatic rings. The quantitative estimate of drug-likeness (QED) is 0.553. The van der Waals surface area contributed by atoms with Crippen molar-refractivity contribution in [3.8, 4) is 5.69 Å². The van der Waals surface area contributed by atoms with Crippen LogP contribution in [0.15, 0.2) is 54.7 Å². The molecule has 0 fully saturated rings. The fourth-order valence-corrected chi connectivity index (χ4v) is 4.21. The maximum atomic E-state index is 12.9. The molecule has 1 aliphatic rings. The number of nitrogen functional groups attached to an aromatic ring is 1. The summed E-state index contributed by atoms with van der Waals surface area (Å²) in [5, 5.41) is 5.26. The predicted molar refractivity (Wildman–Crippen MR) is 115 cm³/mol. The van der Waals surface area contributed by atoms with Crippen molar-refractivity contribution in [1.29, 1.82) is 0 Å². The average molecular weight is 382 g/mol. The van der Waals surface area contributed by atoms with Crippen molar-refractivity contribution in [3.05, 3.63) is 82.7 Å². The summed E-state index contributed by atoms with van der Waals surface area (Å²) in [7, 11) is 0. The SMILES string of the molecule is Cc1ccc(-n2ncc3c(N)c4c(nc32)C[C@H](c2ccccc2)CC4=O)cc1C. The van der Waals surface area contributed by atoms with E-state index in [-0.39, 0.29) is 11.7 Å². The average Bonchev–Trinajstić information content (AvgIpc) is 3.14. The number of ketones is 1. The molecule has 0 radical (unpaired) electrons. The van der Waals surface area contributed by atoms with Gasteiger partial charge in [0.2, 0.25) is 0 Å². The molecule has 5 heteroatoms. The van der Waals surface area contributed by atoms with Gasteiger partial charge in [0.25, 0.3) is 0 Å². The zero-order chi connectivity index (χ0) is 20.1. The van der Waals surface area contributed by atoms with Crippen molar-refractivity contribution in [3.63, 3.8) is 0 Å². The van der Waals surface area contributed by atoms with Crippen LogP contribution in [0.3, 0.4) is 0 Å². The largest absolute Gasteiger partial charge is 0.397 e. The number of nitrogens with two attached hydrogens (primary N) is 1. The number of hydrogen-bond acceptors (Lipinski definition) is 4. The lowest BCUT2D eigenvalue weighted by Gasteiger charge is -2.24. The summed E-state index contributed by atoms with van der Waals surface area (Å²) in [4.78, 5) is 17.8. The van der Waals surface area contributed by atoms with Crippen molar-refractivity contribution in [1.82, 2.24) is 14.8 Å². The number of benzene rings is 2. The van der Waals surface area contributed by atoms with E-state index >= 15 is 0 Å². The number of aryl methyl sites for hydroxylation is 2. The molecule has 0 amide bonds. The summed E-state index contributed by atoms with van der Waals surface area (Å²) in [5.74, 6) is 0.185. The van der Waals surface area contributed by atoms with Gasteiger partial charge in [0.1, 0.15) is 0 Å². The lowest BCUT2D eigenvalue weighted by atomic mass is 9.81. The minimum absolute atomic E-state index is 0.0610. The number of carbonyl (C=O) groups is 1. The Morgan fingerprint density at radius 1 is 1.03 bits per heavy atom. The van der Waals surface area contributed by atoms with Gasteiger partial charge in [0, 0.05) is 6.42 Å². The van der Waals surface area contributed by atoms with Gasteiger partial charge in [-0.25, -0.2) is 9.67 Å². The van der Waals surface area contributed by atoms with Crippen LogP contribution in [0.5, 0.6) is 0 Å². The molecule has 2 aromatic carbocycles. The highest BCUT2D eigenvalue weighted by Crippen LogP contribution is 2.37. The first kappa shape index (κ1) is 17.6. The molecular formula is C24H22N4O. The van der Waals surface area contributed by atoms with Gasteiger partial charge in [-0.15, -0.1) is 0 Å². The van der Waals surface area contributed by atoms with Crippen molar-refractivity contribution in [2.24, 2.45) is 0 Å². The predicted octanol–water partition coefficient (Wildman–Crippen LogP) is 4.53. The van der Waals surface area contributed by atoms with Gasteiger partial charge in [0.05, 0.1) is 34.2 Å². The minimum Gasteiger partial charge on any atom is -0.397 e. The number of pyridine rings is 1. The molecule has 0 aliphatic heterocycles. The molecule has 0 spiro atoms. The third-order valence-electron chi connectivity index (χ3n) is 5.99. The molecule has 2 aromatic heterocycles. The number of fused-ring (bicyclic) bond motifs is 2. The summed E-state index contributed by atoms with van der Waals surface area (Å²) in [6.45, 7) is 4.17. The molecular weight excluding hydrogens is 360 g/mol. The molecule has 1 aliphatic carbocycles. The van der Waals surface area contributed by atoms with Crippen LogP contribution < -0.4 is 5.73 Å². The summed E-state index contributed by atoms with van der Waals surface area (Å²) in [6, 6.07) is 16.4. The summed E-state index contributed by atoms with van der Waals surface area (Å²) in [5.41, 5.74) is 13.5. The van der Waals surface area contributed by atoms with Gasteiger partial charge in [-0.1, -0.05) is 36.4 Å². The number of hydrogen-bond donors (Lipinski definition) is 1. The van der Waals surface area contributed by atoms with Crippen LogP contribution in [-0.2, 0) is 6.42 Å². The molecule has 0 saturated carbocycles. The second kappa shape index (κ2) is 6.55. The Kier molecular flexibility index (Phi) is 3.98. The van der Waals surface area contributed by atoms with E-state index in [2.05, 4.69) is 43.2 Å². The van der Waals surface area contributed by atoms with Crippen LogP contribution >= 0.6 is 0 Å². The van der Waals surface area contributed by atoms with Crippen LogP contribution in [-0.4, -0.2) is 20.5 Å². The number of Topliss-reactive ketones (excluding diaryl/α,β-unsaturated/α-hetero) is 1. The highest BCUT2D eigenvalue weighted by Gasteiger charge is 2.31. The van der Waals surface area contributed by atoms with Gasteiger partial charge in [0.15, 0.2) is 11.4 Å². The van der Waals surface area contributed by atoms with Gasteiger partial charge in [-0.2, -0.15) is 5.10 Å². The third-order valence-corrected chi connectivity index (χ3v) is 5.99. The molecule has 1 atom stereocenters.